The first-order valence-electron chi connectivity index (χ1n) is 6.42. The van der Waals surface area contributed by atoms with Gasteiger partial charge in [0.1, 0.15) is 0 Å². The van der Waals surface area contributed by atoms with Gasteiger partial charge in [-0.2, -0.15) is 8.42 Å². The highest BCUT2D eigenvalue weighted by Gasteiger charge is 2.16. The lowest BCUT2D eigenvalue weighted by atomic mass is 10.1. The van der Waals surface area contributed by atoms with E-state index in [0.717, 1.165) is 24.8 Å². The Kier molecular flexibility index (Phi) is 5.82. The van der Waals surface area contributed by atoms with Crippen LogP contribution in [0.1, 0.15) is 38.7 Å². The molecule has 0 aliphatic rings. The van der Waals surface area contributed by atoms with Crippen LogP contribution in [0.4, 0.5) is 0 Å². The van der Waals surface area contributed by atoms with Gasteiger partial charge < -0.3 is 0 Å². The lowest BCUT2D eigenvalue weighted by Gasteiger charge is -2.11. The summed E-state index contributed by atoms with van der Waals surface area (Å²) < 4.78 is 28.9. The number of unbranched alkanes of at least 4 members (excludes halogenated alkanes) is 1. The summed E-state index contributed by atoms with van der Waals surface area (Å²) in [7, 11) is -3.60. The van der Waals surface area contributed by atoms with Crippen LogP contribution in [-0.2, 0) is 14.3 Å². The molecule has 4 heteroatoms. The summed E-state index contributed by atoms with van der Waals surface area (Å²) in [5.41, 5.74) is 1.03. The van der Waals surface area contributed by atoms with Crippen LogP contribution >= 0.6 is 0 Å². The van der Waals surface area contributed by atoms with Gasteiger partial charge in [0.2, 0.25) is 0 Å². The molecule has 0 unspecified atom stereocenters. The van der Waals surface area contributed by atoms with Crippen LogP contribution in [0.15, 0.2) is 29.2 Å². The molecule has 0 saturated carbocycles. The summed E-state index contributed by atoms with van der Waals surface area (Å²) in [5, 5.41) is 0. The minimum atomic E-state index is -3.60. The molecule has 1 aromatic rings. The molecule has 0 aliphatic heterocycles. The van der Waals surface area contributed by atoms with Crippen LogP contribution in [-0.4, -0.2) is 15.0 Å². The summed E-state index contributed by atoms with van der Waals surface area (Å²) in [6, 6.07) is 6.72. The van der Waals surface area contributed by atoms with Crippen molar-refractivity contribution in [1.82, 2.24) is 0 Å². The Morgan fingerprint density at radius 1 is 1.22 bits per heavy atom. The summed E-state index contributed by atoms with van der Waals surface area (Å²) in [5.74, 6) is 0.269. The molecule has 1 aromatic carbocycles. The van der Waals surface area contributed by atoms with Gasteiger partial charge in [-0.25, -0.2) is 0 Å². The van der Waals surface area contributed by atoms with Gasteiger partial charge in [0.25, 0.3) is 10.1 Å². The Morgan fingerprint density at radius 2 is 1.83 bits per heavy atom. The molecule has 0 fully saturated rings. The van der Waals surface area contributed by atoms with E-state index in [1.54, 1.807) is 24.3 Å². The van der Waals surface area contributed by atoms with Crippen molar-refractivity contribution in [3.05, 3.63) is 29.8 Å². The van der Waals surface area contributed by atoms with Crippen LogP contribution in [0.5, 0.6) is 0 Å². The third kappa shape index (κ3) is 4.78. The number of hydrogen-bond donors (Lipinski definition) is 0. The molecule has 0 spiro atoms. The van der Waals surface area contributed by atoms with Crippen LogP contribution in [0, 0.1) is 12.8 Å². The Morgan fingerprint density at radius 3 is 2.39 bits per heavy atom. The van der Waals surface area contributed by atoms with Crippen molar-refractivity contribution >= 4 is 10.1 Å². The molecule has 1 atom stereocenters. The molecular weight excluding hydrogens is 248 g/mol. The fourth-order valence-electron chi connectivity index (χ4n) is 1.61. The Bertz CT molecular complexity index is 448. The van der Waals surface area contributed by atoms with E-state index < -0.39 is 10.1 Å². The molecule has 18 heavy (non-hydrogen) atoms. The van der Waals surface area contributed by atoms with E-state index in [4.69, 9.17) is 4.18 Å². The smallest absolute Gasteiger partial charge is 0.266 e. The largest absolute Gasteiger partial charge is 0.296 e. The zero-order valence-electron chi connectivity index (χ0n) is 11.3. The predicted molar refractivity (Wildman–Crippen MR) is 73.0 cm³/mol. The summed E-state index contributed by atoms with van der Waals surface area (Å²) >= 11 is 0. The Labute approximate surface area is 110 Å². The normalized spacial score (nSPS) is 13.5. The monoisotopic (exact) mass is 270 g/mol. The molecule has 0 radical (unpaired) electrons. The van der Waals surface area contributed by atoms with Gasteiger partial charge in [-0.1, -0.05) is 44.4 Å². The minimum Gasteiger partial charge on any atom is -0.266 e. The molecule has 0 heterocycles. The highest BCUT2D eigenvalue weighted by molar-refractivity contribution is 7.86. The third-order valence-corrected chi connectivity index (χ3v) is 4.16. The zero-order chi connectivity index (χ0) is 13.6. The predicted octanol–water partition coefficient (Wildman–Crippen LogP) is 3.53. The van der Waals surface area contributed by atoms with Gasteiger partial charge in [-0.3, -0.25) is 4.18 Å². The van der Waals surface area contributed by atoms with Crippen molar-refractivity contribution in [1.29, 1.82) is 0 Å². The van der Waals surface area contributed by atoms with E-state index in [0.29, 0.717) is 0 Å². The van der Waals surface area contributed by atoms with Crippen LogP contribution in [0.3, 0.4) is 0 Å². The fraction of sp³-hybridized carbons (Fsp3) is 0.571. The average molecular weight is 270 g/mol. The van der Waals surface area contributed by atoms with E-state index in [2.05, 4.69) is 6.92 Å². The van der Waals surface area contributed by atoms with E-state index in [9.17, 15) is 8.42 Å². The number of aryl methyl sites for hydroxylation is 1. The van der Waals surface area contributed by atoms with E-state index in [1.165, 1.54) is 0 Å². The lowest BCUT2D eigenvalue weighted by Crippen LogP contribution is -2.12. The maximum atomic E-state index is 11.9. The number of rotatable bonds is 7. The van der Waals surface area contributed by atoms with Crippen molar-refractivity contribution in [3.8, 4) is 0 Å². The first kappa shape index (κ1) is 15.2. The molecule has 0 amide bonds. The van der Waals surface area contributed by atoms with Crippen LogP contribution in [0.2, 0.25) is 0 Å². The van der Waals surface area contributed by atoms with Crippen molar-refractivity contribution in [2.75, 3.05) is 6.61 Å². The number of hydrogen-bond acceptors (Lipinski definition) is 3. The molecule has 102 valence electrons. The molecule has 0 aromatic heterocycles. The molecule has 0 N–H and O–H groups in total. The van der Waals surface area contributed by atoms with Gasteiger partial charge in [-0.05, 0) is 31.4 Å². The molecule has 0 aliphatic carbocycles. The van der Waals surface area contributed by atoms with Crippen LogP contribution in [0.25, 0.3) is 0 Å². The highest BCUT2D eigenvalue weighted by atomic mass is 32.2. The van der Waals surface area contributed by atoms with E-state index >= 15 is 0 Å². The average Bonchev–Trinajstić information content (AvgIpc) is 2.34. The van der Waals surface area contributed by atoms with E-state index in [1.807, 2.05) is 13.8 Å². The van der Waals surface area contributed by atoms with E-state index in [-0.39, 0.29) is 17.4 Å². The fourth-order valence-corrected chi connectivity index (χ4v) is 2.63. The maximum Gasteiger partial charge on any atom is 0.296 e. The van der Waals surface area contributed by atoms with Crippen molar-refractivity contribution in [2.45, 2.75) is 44.9 Å². The first-order valence-corrected chi connectivity index (χ1v) is 7.82. The van der Waals surface area contributed by atoms with Gasteiger partial charge in [0.05, 0.1) is 11.5 Å². The maximum absolute atomic E-state index is 11.9. The standard InChI is InChI=1S/C14H22O3S/c1-4-5-6-13(3)11-17-18(15,16)14-9-7-12(2)8-10-14/h7-10,13H,4-6,11H2,1-3H3/t13-/m0/s1. The topological polar surface area (TPSA) is 43.4 Å². The Balaban J connectivity index is 2.57. The van der Waals surface area contributed by atoms with Gasteiger partial charge in [0, 0.05) is 0 Å². The lowest BCUT2D eigenvalue weighted by molar-refractivity contribution is 0.254. The quantitative estimate of drug-likeness (QED) is 0.712. The second-order valence-corrected chi connectivity index (χ2v) is 6.41. The Hall–Kier alpha value is -0.870. The summed E-state index contributed by atoms with van der Waals surface area (Å²) in [6.07, 6.45) is 3.23. The van der Waals surface area contributed by atoms with Crippen molar-refractivity contribution < 1.29 is 12.6 Å². The van der Waals surface area contributed by atoms with Crippen LogP contribution < -0.4 is 0 Å². The van der Waals surface area contributed by atoms with Crippen molar-refractivity contribution in [2.24, 2.45) is 5.92 Å². The molecule has 0 bridgehead atoms. The molecular formula is C14H22O3S. The molecule has 0 saturated heterocycles. The second kappa shape index (κ2) is 6.90. The number of benzene rings is 1. The zero-order valence-corrected chi connectivity index (χ0v) is 12.2. The first-order chi connectivity index (χ1) is 8.45. The summed E-state index contributed by atoms with van der Waals surface area (Å²) in [4.78, 5) is 0.232. The van der Waals surface area contributed by atoms with Gasteiger partial charge in [0.15, 0.2) is 0 Å². The van der Waals surface area contributed by atoms with Gasteiger partial charge in [-0.15, -0.1) is 0 Å². The van der Waals surface area contributed by atoms with Crippen molar-refractivity contribution in [3.63, 3.8) is 0 Å². The SMILES string of the molecule is CCCC[C@H](C)COS(=O)(=O)c1ccc(C)cc1. The molecule has 1 rings (SSSR count). The highest BCUT2D eigenvalue weighted by Crippen LogP contribution is 2.16. The minimum absolute atomic E-state index is 0.232. The second-order valence-electron chi connectivity index (χ2n) is 4.80. The van der Waals surface area contributed by atoms with Gasteiger partial charge >= 0.3 is 0 Å². The molecule has 3 nitrogen and oxygen atoms in total. The summed E-state index contributed by atoms with van der Waals surface area (Å²) in [6.45, 7) is 6.32. The third-order valence-electron chi connectivity index (χ3n) is 2.87.